The van der Waals surface area contributed by atoms with Gasteiger partial charge in [0.2, 0.25) is 5.91 Å². The minimum Gasteiger partial charge on any atom is -0.490 e. The molecule has 0 radical (unpaired) electrons. The van der Waals surface area contributed by atoms with E-state index in [9.17, 15) is 22.4 Å². The van der Waals surface area contributed by atoms with E-state index in [2.05, 4.69) is 14.8 Å². The maximum atomic E-state index is 13.9. The van der Waals surface area contributed by atoms with E-state index in [1.165, 1.54) is 23.1 Å². The summed E-state index contributed by atoms with van der Waals surface area (Å²) >= 11 is 0. The molecule has 0 spiro atoms. The van der Waals surface area contributed by atoms with Crippen LogP contribution in [0.2, 0.25) is 0 Å². The normalized spacial score (nSPS) is 17.9. The SMILES string of the molecule is C[C@@H](NS(=O)(=O)NCCCCN1CC(=O)NC1=O)c1ccc(F)c(OCC2CC2)c1. The summed E-state index contributed by atoms with van der Waals surface area (Å²) in [5.74, 6) is -0.196. The Morgan fingerprint density at radius 2 is 2.07 bits per heavy atom. The first-order valence-corrected chi connectivity index (χ1v) is 11.5. The van der Waals surface area contributed by atoms with Crippen molar-refractivity contribution in [2.45, 2.75) is 38.6 Å². The third kappa shape index (κ3) is 6.64. The third-order valence-corrected chi connectivity index (χ3v) is 6.22. The Kier molecular flexibility index (Phi) is 7.27. The van der Waals surface area contributed by atoms with Gasteiger partial charge in [-0.05, 0) is 56.2 Å². The number of nitrogens with zero attached hydrogens (tertiary/aromatic N) is 1. The Labute approximate surface area is 175 Å². The maximum Gasteiger partial charge on any atom is 0.324 e. The van der Waals surface area contributed by atoms with Gasteiger partial charge in [0.1, 0.15) is 6.54 Å². The number of carbonyl (C=O) groups excluding carboxylic acids is 2. The summed E-state index contributed by atoms with van der Waals surface area (Å²) < 4.78 is 48.9. The summed E-state index contributed by atoms with van der Waals surface area (Å²) in [4.78, 5) is 23.9. The minimum absolute atomic E-state index is 0.0354. The van der Waals surface area contributed by atoms with E-state index in [-0.39, 0.29) is 24.7 Å². The second-order valence-corrected chi connectivity index (χ2v) is 9.19. The van der Waals surface area contributed by atoms with Crippen molar-refractivity contribution in [3.05, 3.63) is 29.6 Å². The molecule has 1 aliphatic carbocycles. The van der Waals surface area contributed by atoms with Crippen molar-refractivity contribution in [3.63, 3.8) is 0 Å². The van der Waals surface area contributed by atoms with Gasteiger partial charge in [0.05, 0.1) is 6.61 Å². The van der Waals surface area contributed by atoms with Crippen LogP contribution in [-0.4, -0.2) is 51.5 Å². The van der Waals surface area contributed by atoms with Crippen molar-refractivity contribution in [1.29, 1.82) is 0 Å². The van der Waals surface area contributed by atoms with Crippen molar-refractivity contribution in [2.24, 2.45) is 5.92 Å². The molecule has 166 valence electrons. The number of ether oxygens (including phenoxy) is 1. The van der Waals surface area contributed by atoms with Gasteiger partial charge in [-0.2, -0.15) is 13.1 Å². The number of hydrogen-bond donors (Lipinski definition) is 3. The molecule has 2 aliphatic rings. The molecule has 0 unspecified atom stereocenters. The molecule has 1 aromatic rings. The predicted molar refractivity (Wildman–Crippen MR) is 107 cm³/mol. The number of halogens is 1. The van der Waals surface area contributed by atoms with Crippen LogP contribution in [0.4, 0.5) is 9.18 Å². The predicted octanol–water partition coefficient (Wildman–Crippen LogP) is 1.43. The van der Waals surface area contributed by atoms with Crippen LogP contribution in [0.15, 0.2) is 18.2 Å². The van der Waals surface area contributed by atoms with E-state index < -0.39 is 28.1 Å². The van der Waals surface area contributed by atoms with E-state index in [4.69, 9.17) is 4.74 Å². The lowest BCUT2D eigenvalue weighted by Crippen LogP contribution is -2.38. The molecule has 1 saturated heterocycles. The molecular formula is C19H27FN4O5S. The van der Waals surface area contributed by atoms with Gasteiger partial charge < -0.3 is 9.64 Å². The second-order valence-electron chi connectivity index (χ2n) is 7.66. The van der Waals surface area contributed by atoms with Gasteiger partial charge in [-0.25, -0.2) is 13.9 Å². The zero-order valence-corrected chi connectivity index (χ0v) is 17.6. The minimum atomic E-state index is -3.77. The largest absolute Gasteiger partial charge is 0.490 e. The molecule has 3 N–H and O–H groups in total. The maximum absolute atomic E-state index is 13.9. The number of urea groups is 1. The fourth-order valence-electron chi connectivity index (χ4n) is 3.03. The molecule has 0 bridgehead atoms. The van der Waals surface area contributed by atoms with Gasteiger partial charge in [-0.1, -0.05) is 6.07 Å². The van der Waals surface area contributed by atoms with Crippen LogP contribution in [0, 0.1) is 11.7 Å². The average molecular weight is 443 g/mol. The Hall–Kier alpha value is -2.24. The number of nitrogens with one attached hydrogen (secondary N) is 3. The van der Waals surface area contributed by atoms with Gasteiger partial charge in [-0.15, -0.1) is 0 Å². The molecule has 1 heterocycles. The van der Waals surface area contributed by atoms with Crippen molar-refractivity contribution >= 4 is 22.1 Å². The quantitative estimate of drug-likeness (QED) is 0.334. The number of rotatable bonds is 12. The highest BCUT2D eigenvalue weighted by molar-refractivity contribution is 7.87. The van der Waals surface area contributed by atoms with Crippen LogP contribution in [0.5, 0.6) is 5.75 Å². The summed E-state index contributed by atoms with van der Waals surface area (Å²) in [6, 6.07) is 3.32. The average Bonchev–Trinajstić information content (AvgIpc) is 3.44. The number of unbranched alkanes of at least 4 members (excludes halogenated alkanes) is 1. The van der Waals surface area contributed by atoms with Gasteiger partial charge >= 0.3 is 6.03 Å². The van der Waals surface area contributed by atoms with E-state index in [1.54, 1.807) is 6.92 Å². The molecule has 1 aliphatic heterocycles. The molecular weight excluding hydrogens is 415 g/mol. The van der Waals surface area contributed by atoms with Crippen molar-refractivity contribution < 1.29 is 27.1 Å². The van der Waals surface area contributed by atoms with Gasteiger partial charge in [-0.3, -0.25) is 10.1 Å². The first-order chi connectivity index (χ1) is 14.2. The first kappa shape index (κ1) is 22.4. The number of amides is 3. The Morgan fingerprint density at radius 1 is 1.30 bits per heavy atom. The second kappa shape index (κ2) is 9.71. The highest BCUT2D eigenvalue weighted by Crippen LogP contribution is 2.31. The summed E-state index contributed by atoms with van der Waals surface area (Å²) in [5.41, 5.74) is 0.595. The summed E-state index contributed by atoms with van der Waals surface area (Å²) in [7, 11) is -3.77. The van der Waals surface area contributed by atoms with Gasteiger partial charge in [0.25, 0.3) is 10.2 Å². The molecule has 9 nitrogen and oxygen atoms in total. The van der Waals surface area contributed by atoms with E-state index in [0.29, 0.717) is 37.5 Å². The van der Waals surface area contributed by atoms with Crippen LogP contribution in [0.3, 0.4) is 0 Å². The number of imide groups is 1. The number of hydrogen-bond acceptors (Lipinski definition) is 5. The van der Waals surface area contributed by atoms with Crippen LogP contribution >= 0.6 is 0 Å². The number of carbonyl (C=O) groups is 2. The fourth-order valence-corrected chi connectivity index (χ4v) is 4.13. The van der Waals surface area contributed by atoms with Crippen molar-refractivity contribution in [1.82, 2.24) is 19.7 Å². The first-order valence-electron chi connectivity index (χ1n) is 10.0. The lowest BCUT2D eigenvalue weighted by molar-refractivity contribution is -0.118. The molecule has 1 saturated carbocycles. The van der Waals surface area contributed by atoms with Crippen molar-refractivity contribution in [2.75, 3.05) is 26.2 Å². The fraction of sp³-hybridized carbons (Fsp3) is 0.579. The number of benzene rings is 1. The molecule has 1 atom stereocenters. The van der Waals surface area contributed by atoms with Crippen LogP contribution in [0.1, 0.15) is 44.2 Å². The molecule has 11 heteroatoms. The Morgan fingerprint density at radius 3 is 2.73 bits per heavy atom. The monoisotopic (exact) mass is 442 g/mol. The molecule has 0 aromatic heterocycles. The van der Waals surface area contributed by atoms with Gasteiger partial charge in [0, 0.05) is 19.1 Å². The van der Waals surface area contributed by atoms with E-state index >= 15 is 0 Å². The zero-order chi connectivity index (χ0) is 21.7. The van der Waals surface area contributed by atoms with Gasteiger partial charge in [0.15, 0.2) is 11.6 Å². The van der Waals surface area contributed by atoms with Crippen LogP contribution in [0.25, 0.3) is 0 Å². The third-order valence-electron chi connectivity index (χ3n) is 4.97. The molecule has 1 aromatic carbocycles. The molecule has 3 rings (SSSR count). The van der Waals surface area contributed by atoms with Crippen molar-refractivity contribution in [3.8, 4) is 5.75 Å². The van der Waals surface area contributed by atoms with E-state index in [0.717, 1.165) is 12.8 Å². The summed E-state index contributed by atoms with van der Waals surface area (Å²) in [6.07, 6.45) is 3.24. The smallest absolute Gasteiger partial charge is 0.324 e. The summed E-state index contributed by atoms with van der Waals surface area (Å²) in [6.45, 7) is 2.73. The highest BCUT2D eigenvalue weighted by Gasteiger charge is 2.26. The lowest BCUT2D eigenvalue weighted by Gasteiger charge is -2.17. The Bertz CT molecular complexity index is 891. The molecule has 2 fully saturated rings. The molecule has 30 heavy (non-hydrogen) atoms. The Balaban J connectivity index is 1.42. The van der Waals surface area contributed by atoms with Crippen LogP contribution in [-0.2, 0) is 15.0 Å². The van der Waals surface area contributed by atoms with Crippen LogP contribution < -0.4 is 19.5 Å². The topological polar surface area (TPSA) is 117 Å². The van der Waals surface area contributed by atoms with E-state index in [1.807, 2.05) is 0 Å². The highest BCUT2D eigenvalue weighted by atomic mass is 32.2. The molecule has 3 amide bonds. The zero-order valence-electron chi connectivity index (χ0n) is 16.8. The summed E-state index contributed by atoms with van der Waals surface area (Å²) in [5, 5.41) is 2.19. The lowest BCUT2D eigenvalue weighted by atomic mass is 10.1. The standard InChI is InChI=1S/C19H27FN4O5S/c1-13(15-6-7-16(20)17(10-15)29-12-14-4-5-14)23-30(27,28)21-8-2-3-9-24-11-18(25)22-19(24)26/h6-7,10,13-14,21,23H,2-5,8-9,11-12H2,1H3,(H,22,25,26)/t13-/m1/s1.